The Bertz CT molecular complexity index is 1730. The van der Waals surface area contributed by atoms with E-state index < -0.39 is 32.0 Å². The Hall–Kier alpha value is -4.64. The van der Waals surface area contributed by atoms with E-state index in [1.54, 1.807) is 24.4 Å². The summed E-state index contributed by atoms with van der Waals surface area (Å²) in [7, 11) is -3.78. The lowest BCUT2D eigenvalue weighted by Gasteiger charge is -2.34. The van der Waals surface area contributed by atoms with Crippen LogP contribution in [0.3, 0.4) is 0 Å². The van der Waals surface area contributed by atoms with Crippen molar-refractivity contribution in [1.82, 2.24) is 14.9 Å². The van der Waals surface area contributed by atoms with Crippen LogP contribution in [0.2, 0.25) is 0 Å². The van der Waals surface area contributed by atoms with Gasteiger partial charge in [0, 0.05) is 50.7 Å². The summed E-state index contributed by atoms with van der Waals surface area (Å²) in [6, 6.07) is 11.0. The van der Waals surface area contributed by atoms with E-state index in [4.69, 9.17) is 0 Å². The van der Waals surface area contributed by atoms with Gasteiger partial charge >= 0.3 is 15.6 Å². The van der Waals surface area contributed by atoms with Gasteiger partial charge in [0.1, 0.15) is 11.0 Å². The number of anilines is 1. The highest BCUT2D eigenvalue weighted by Crippen LogP contribution is 2.35. The molecule has 3 heterocycles. The molecule has 0 amide bonds. The Morgan fingerprint density at radius 2 is 1.34 bits per heavy atom. The molecule has 17 heteroatoms. The number of benzene rings is 2. The molecule has 4 aromatic rings. The predicted octanol–water partition coefficient (Wildman–Crippen LogP) is 4.27. The summed E-state index contributed by atoms with van der Waals surface area (Å²) in [5.41, 5.74) is -4.60. The van der Waals surface area contributed by atoms with E-state index in [0.717, 1.165) is 50.2 Å². The van der Waals surface area contributed by atoms with Gasteiger partial charge in [-0.2, -0.15) is 21.6 Å². The number of rotatable bonds is 5. The average Bonchev–Trinajstić information content (AvgIpc) is 2.92. The number of hydrogen-bond acceptors (Lipinski definition) is 11. The van der Waals surface area contributed by atoms with E-state index in [0.29, 0.717) is 10.9 Å². The molecule has 2 aromatic carbocycles. The van der Waals surface area contributed by atoms with Crippen LogP contribution in [0.5, 0.6) is 5.75 Å². The van der Waals surface area contributed by atoms with Crippen LogP contribution in [0.4, 0.5) is 30.2 Å². The van der Waals surface area contributed by atoms with Crippen LogP contribution in [0.1, 0.15) is 0 Å². The lowest BCUT2D eigenvalue weighted by Crippen LogP contribution is -2.44. The van der Waals surface area contributed by atoms with Crippen molar-refractivity contribution in [2.45, 2.75) is 5.51 Å². The largest absolute Gasteiger partial charge is 0.534 e. The summed E-state index contributed by atoms with van der Waals surface area (Å²) in [6.45, 7) is 3.82. The third-order valence-electron chi connectivity index (χ3n) is 6.16. The number of nitro benzene ring substituents is 2. The summed E-state index contributed by atoms with van der Waals surface area (Å²) < 4.78 is 62.8. The minimum absolute atomic E-state index is 0.117. The summed E-state index contributed by atoms with van der Waals surface area (Å²) in [5, 5.41) is 22.4. The normalized spacial score (nSPS) is 14.4. The van der Waals surface area contributed by atoms with E-state index >= 15 is 0 Å². The predicted molar refractivity (Wildman–Crippen MR) is 142 cm³/mol. The first kappa shape index (κ1) is 29.3. The molecule has 0 aliphatic carbocycles. The fourth-order valence-corrected chi connectivity index (χ4v) is 4.59. The van der Waals surface area contributed by atoms with Gasteiger partial charge in [0.05, 0.1) is 26.3 Å². The third-order valence-corrected chi connectivity index (χ3v) is 7.12. The molecular weight excluding hydrogens is 573 g/mol. The summed E-state index contributed by atoms with van der Waals surface area (Å²) >= 11 is 0. The number of non-ortho nitro benzene ring substituents is 2. The SMILES string of the molecule is CN1CCN(c2ccc([N+](=O)[O-])c3cccnc23)CC1.O=[N+]([O-])c1ccc(OS(=O)(=O)C(F)(F)F)c2ncccc12. The maximum atomic E-state index is 12.3. The fourth-order valence-electron chi connectivity index (χ4n) is 4.13. The van der Waals surface area contributed by atoms with Crippen molar-refractivity contribution in [2.75, 3.05) is 38.1 Å². The third kappa shape index (κ3) is 6.25. The topological polar surface area (TPSA) is 162 Å². The van der Waals surface area contributed by atoms with Gasteiger partial charge in [-0.25, -0.2) is 0 Å². The Balaban J connectivity index is 0.000000189. The highest BCUT2D eigenvalue weighted by Gasteiger charge is 2.49. The lowest BCUT2D eigenvalue weighted by molar-refractivity contribution is -0.383. The Kier molecular flexibility index (Phi) is 8.20. The molecular formula is C24H21F3N6O7S. The van der Waals surface area contributed by atoms with Gasteiger partial charge in [-0.3, -0.25) is 30.2 Å². The van der Waals surface area contributed by atoms with Crippen molar-refractivity contribution in [2.24, 2.45) is 0 Å². The molecule has 1 saturated heterocycles. The number of fused-ring (bicyclic) bond motifs is 2. The monoisotopic (exact) mass is 594 g/mol. The highest BCUT2D eigenvalue weighted by molar-refractivity contribution is 7.88. The number of pyridine rings is 2. The number of piperazine rings is 1. The van der Waals surface area contributed by atoms with Crippen molar-refractivity contribution in [3.05, 3.63) is 81.2 Å². The van der Waals surface area contributed by atoms with Crippen LogP contribution in [0.25, 0.3) is 21.8 Å². The van der Waals surface area contributed by atoms with Crippen molar-refractivity contribution in [3.63, 3.8) is 0 Å². The fraction of sp³-hybridized carbons (Fsp3) is 0.250. The maximum Gasteiger partial charge on any atom is 0.534 e. The second kappa shape index (κ2) is 11.5. The molecule has 0 bridgehead atoms. The second-order valence-corrected chi connectivity index (χ2v) is 10.3. The van der Waals surface area contributed by atoms with Crippen molar-refractivity contribution in [1.29, 1.82) is 0 Å². The molecule has 0 unspecified atom stereocenters. The van der Waals surface area contributed by atoms with Crippen molar-refractivity contribution < 1.29 is 35.6 Å². The molecule has 13 nitrogen and oxygen atoms in total. The van der Waals surface area contributed by atoms with Gasteiger partial charge < -0.3 is 14.0 Å². The number of alkyl halides is 3. The van der Waals surface area contributed by atoms with Gasteiger partial charge in [-0.1, -0.05) is 0 Å². The zero-order valence-electron chi connectivity index (χ0n) is 21.2. The van der Waals surface area contributed by atoms with Crippen LogP contribution in [0, 0.1) is 20.2 Å². The molecule has 0 radical (unpaired) electrons. The molecule has 5 rings (SSSR count). The molecule has 1 aliphatic rings. The lowest BCUT2D eigenvalue weighted by atomic mass is 10.1. The summed E-state index contributed by atoms with van der Waals surface area (Å²) in [5.74, 6) is -0.742. The van der Waals surface area contributed by atoms with Crippen LogP contribution >= 0.6 is 0 Å². The van der Waals surface area contributed by atoms with Gasteiger partial charge in [0.25, 0.3) is 11.4 Å². The number of halogens is 3. The zero-order chi connectivity index (χ0) is 29.9. The Morgan fingerprint density at radius 1 is 0.829 bits per heavy atom. The minimum Gasteiger partial charge on any atom is -0.374 e. The molecule has 41 heavy (non-hydrogen) atoms. The van der Waals surface area contributed by atoms with Gasteiger partial charge in [0.2, 0.25) is 0 Å². The maximum absolute atomic E-state index is 12.3. The second-order valence-electron chi connectivity index (χ2n) is 8.77. The molecule has 0 atom stereocenters. The van der Waals surface area contributed by atoms with Crippen molar-refractivity contribution >= 4 is 49.0 Å². The first-order valence-corrected chi connectivity index (χ1v) is 13.2. The van der Waals surface area contributed by atoms with E-state index in [2.05, 4.69) is 31.0 Å². The number of hydrogen-bond donors (Lipinski definition) is 0. The molecule has 2 aromatic heterocycles. The van der Waals surface area contributed by atoms with Crippen LogP contribution in [0.15, 0.2) is 60.9 Å². The first-order chi connectivity index (χ1) is 19.3. The average molecular weight is 595 g/mol. The first-order valence-electron chi connectivity index (χ1n) is 11.8. The summed E-state index contributed by atoms with van der Waals surface area (Å²) in [6.07, 6.45) is 2.82. The highest BCUT2D eigenvalue weighted by atomic mass is 32.2. The number of nitrogens with zero attached hydrogens (tertiary/aromatic N) is 6. The van der Waals surface area contributed by atoms with Gasteiger partial charge in [-0.05, 0) is 43.4 Å². The summed E-state index contributed by atoms with van der Waals surface area (Å²) in [4.78, 5) is 33.3. The van der Waals surface area contributed by atoms with Gasteiger partial charge in [-0.15, -0.1) is 0 Å². The molecule has 1 fully saturated rings. The standard InChI is InChI=1S/C14H16N4O2.C10H5F3N2O5S/c1-16-7-9-17(10-8-16)13-5-4-12(18(19)20)11-3-2-6-15-14(11)13;11-10(12,13)21(18,19)20-8-4-3-7(15(16)17)6-2-1-5-14-9(6)8/h2-6H,7-10H2,1H3;1-5H. The Morgan fingerprint density at radius 3 is 1.88 bits per heavy atom. The Labute approximate surface area is 230 Å². The smallest absolute Gasteiger partial charge is 0.374 e. The molecule has 1 aliphatic heterocycles. The van der Waals surface area contributed by atoms with Crippen LogP contribution < -0.4 is 9.08 Å². The zero-order valence-corrected chi connectivity index (χ0v) is 22.0. The molecule has 0 N–H and O–H groups in total. The van der Waals surface area contributed by atoms with E-state index in [1.165, 1.54) is 12.1 Å². The molecule has 216 valence electrons. The van der Waals surface area contributed by atoms with E-state index in [1.807, 2.05) is 6.07 Å². The van der Waals surface area contributed by atoms with Crippen LogP contribution in [-0.2, 0) is 10.1 Å². The van der Waals surface area contributed by atoms with Crippen LogP contribution in [-0.4, -0.2) is 71.9 Å². The quantitative estimate of drug-likeness (QED) is 0.140. The molecule has 0 saturated carbocycles. The van der Waals surface area contributed by atoms with E-state index in [-0.39, 0.29) is 21.5 Å². The number of nitro groups is 2. The van der Waals surface area contributed by atoms with Gasteiger partial charge in [0.15, 0.2) is 5.75 Å². The number of aromatic nitrogens is 2. The molecule has 0 spiro atoms. The number of likely N-dealkylation sites (N-methyl/N-ethyl adjacent to an activating group) is 1. The van der Waals surface area contributed by atoms with Crippen molar-refractivity contribution in [3.8, 4) is 5.75 Å². The minimum atomic E-state index is -5.89. The van der Waals surface area contributed by atoms with E-state index in [9.17, 15) is 41.8 Å².